The molecule has 0 aliphatic carbocycles. The van der Waals surface area contributed by atoms with Crippen LogP contribution in [0, 0.1) is 41.7 Å². The molecule has 7 radical (unpaired) electrons. The first-order valence-corrected chi connectivity index (χ1v) is 0. The molecule has 0 aromatic rings. The van der Waals surface area contributed by atoms with E-state index in [1.54, 1.807) is 0 Å². The van der Waals surface area contributed by atoms with Crippen LogP contribution in [-0.4, -0.2) is 48.3 Å². The quantitative estimate of drug-likeness (QED) is 0.445. The maximum atomic E-state index is 0. The van der Waals surface area contributed by atoms with Gasteiger partial charge in [0.15, 0.2) is 0 Å². The van der Waals surface area contributed by atoms with E-state index in [0.29, 0.717) is 0 Å². The zero-order chi connectivity index (χ0) is 0. The Balaban J connectivity index is 0. The maximum Gasteiger partial charge on any atom is 0 e. The molecule has 0 unspecified atom stereocenters. The van der Waals surface area contributed by atoms with E-state index in [1.165, 1.54) is 0 Å². The van der Waals surface area contributed by atoms with Gasteiger partial charge in [-0.3, -0.25) is 0 Å². The van der Waals surface area contributed by atoms with Gasteiger partial charge < -0.3 is 0 Å². The number of hydrogen-bond acceptors (Lipinski definition) is 0. The van der Waals surface area contributed by atoms with Crippen molar-refractivity contribution in [1.82, 2.24) is 0 Å². The van der Waals surface area contributed by atoms with Crippen LogP contribution in [0.2, 0.25) is 0 Å². The van der Waals surface area contributed by atoms with Gasteiger partial charge in [-0.25, -0.2) is 0 Å². The second-order valence-electron chi connectivity index (χ2n) is 0. The minimum Gasteiger partial charge on any atom is 0 e. The van der Waals surface area contributed by atoms with E-state index in [0.717, 1.165) is 0 Å². The second kappa shape index (κ2) is 15.9. The summed E-state index contributed by atoms with van der Waals surface area (Å²) in [6.45, 7) is 0. The molecule has 0 N–H and O–H groups in total. The van der Waals surface area contributed by atoms with E-state index in [9.17, 15) is 0 Å². The molecule has 0 spiro atoms. The Hall–Kier alpha value is 3.71. The Labute approximate surface area is 109 Å². The molecule has 0 aromatic heterocycles. The van der Waals surface area contributed by atoms with Gasteiger partial charge in [-0.1, -0.05) is 0 Å². The fourth-order valence-electron chi connectivity index (χ4n) is 0. The summed E-state index contributed by atoms with van der Waals surface area (Å²) >= 11 is 0. The minimum absolute atomic E-state index is 0. The fourth-order valence-corrected chi connectivity index (χ4v) is 0. The van der Waals surface area contributed by atoms with Crippen LogP contribution in [0.1, 0.15) is 0 Å². The van der Waals surface area contributed by atoms with Gasteiger partial charge in [-0.2, -0.15) is 0 Å². The van der Waals surface area contributed by atoms with Crippen molar-refractivity contribution in [2.75, 3.05) is 0 Å². The molecule has 0 bridgehead atoms. The first-order valence-electron chi connectivity index (χ1n) is 0. The summed E-state index contributed by atoms with van der Waals surface area (Å²) in [5.74, 6) is 0. The summed E-state index contributed by atoms with van der Waals surface area (Å²) in [5, 5.41) is 0. The van der Waals surface area contributed by atoms with Gasteiger partial charge in [0.2, 0.25) is 0 Å². The summed E-state index contributed by atoms with van der Waals surface area (Å²) in [6.07, 6.45) is 0. The van der Waals surface area contributed by atoms with Crippen molar-refractivity contribution in [2.45, 2.75) is 0 Å². The second-order valence-corrected chi connectivity index (χ2v) is 0. The average Bonchev–Trinajstić information content (AvgIpc) is 0. The van der Waals surface area contributed by atoms with E-state index < -0.39 is 0 Å². The van der Waals surface area contributed by atoms with Crippen molar-refractivity contribution in [3.8, 4) is 0 Å². The zero-order valence-corrected chi connectivity index (χ0v) is 12.1. The predicted molar refractivity (Wildman–Crippen MR) is 11.5 cm³/mol. The third-order valence-corrected chi connectivity index (χ3v) is 0. The molecule has 0 rings (SSSR count). The SMILES string of the molecule is [Ce].[Sb].[Sn].[Ti]. The molecule has 0 nitrogen and oxygen atoms in total. The summed E-state index contributed by atoms with van der Waals surface area (Å²) in [7, 11) is 0. The molecule has 4 heavy (non-hydrogen) atoms. The van der Waals surface area contributed by atoms with E-state index in [-0.39, 0.29) is 112 Å². The fraction of sp³-hybridized carbons (Fsp3) is 0. The van der Waals surface area contributed by atoms with Crippen molar-refractivity contribution >= 4 is 48.3 Å². The van der Waals surface area contributed by atoms with E-state index in [1.807, 2.05) is 0 Å². The smallest absolute Gasteiger partial charge is 0 e. The molecule has 0 aromatic carbocycles. The molecule has 0 saturated carbocycles. The van der Waals surface area contributed by atoms with Gasteiger partial charge in [0, 0.05) is 112 Å². The largest absolute Gasteiger partial charge is 0 e. The molecule has 0 fully saturated rings. The molecular weight excluding hydrogens is 428 g/mol. The van der Waals surface area contributed by atoms with Gasteiger partial charge in [0.25, 0.3) is 0 Å². The Kier molecular flexibility index (Phi) is 100. The molecule has 0 saturated heterocycles. The Bertz CT molecular complexity index is 8.00. The summed E-state index contributed by atoms with van der Waals surface area (Å²) in [5.41, 5.74) is 0. The molecular formula is CeSbSnTi. The molecule has 0 heterocycles. The molecule has 0 atom stereocenters. The van der Waals surface area contributed by atoms with Crippen LogP contribution in [0.3, 0.4) is 0 Å². The Morgan fingerprint density at radius 2 is 1.00 bits per heavy atom. The number of hydrogen-bond donors (Lipinski definition) is 0. The Morgan fingerprint density at radius 1 is 1.00 bits per heavy atom. The van der Waals surface area contributed by atoms with Crippen LogP contribution in [0.25, 0.3) is 0 Å². The minimum atomic E-state index is 0. The first kappa shape index (κ1) is 25.2. The van der Waals surface area contributed by atoms with E-state index in [2.05, 4.69) is 0 Å². The molecule has 17 valence electrons. The summed E-state index contributed by atoms with van der Waals surface area (Å²) < 4.78 is 0. The van der Waals surface area contributed by atoms with Crippen molar-refractivity contribution in [3.63, 3.8) is 0 Å². The Morgan fingerprint density at radius 3 is 1.00 bits per heavy atom. The normalized spacial score (nSPS) is 0. The van der Waals surface area contributed by atoms with Crippen LogP contribution in [0.5, 0.6) is 0 Å². The van der Waals surface area contributed by atoms with Gasteiger partial charge in [0.05, 0.1) is 0 Å². The van der Waals surface area contributed by atoms with Crippen molar-refractivity contribution in [3.05, 3.63) is 0 Å². The monoisotopic (exact) mass is 429 g/mol. The van der Waals surface area contributed by atoms with Gasteiger partial charge >= 0.3 is 0 Å². The zero-order valence-electron chi connectivity index (χ0n) is 1.95. The molecule has 0 aliphatic heterocycles. The third-order valence-electron chi connectivity index (χ3n) is 0. The molecule has 0 amide bonds. The van der Waals surface area contributed by atoms with Gasteiger partial charge in [-0.15, -0.1) is 0 Å². The number of rotatable bonds is 0. The topological polar surface area (TPSA) is 0 Å². The van der Waals surface area contributed by atoms with Crippen molar-refractivity contribution in [1.29, 1.82) is 0 Å². The standard InChI is InChI=1S/Ce.Sb.Sn.Ti. The maximum absolute atomic E-state index is 0. The molecule has 4 heteroatoms. The summed E-state index contributed by atoms with van der Waals surface area (Å²) in [6, 6.07) is 0. The van der Waals surface area contributed by atoms with E-state index >= 15 is 0 Å². The van der Waals surface area contributed by atoms with Gasteiger partial charge in [0.1, 0.15) is 0 Å². The van der Waals surface area contributed by atoms with Crippen molar-refractivity contribution in [2.24, 2.45) is 0 Å². The van der Waals surface area contributed by atoms with Crippen molar-refractivity contribution < 1.29 is 63.5 Å². The first-order chi connectivity index (χ1) is 0. The van der Waals surface area contributed by atoms with Crippen LogP contribution in [-0.2, 0) is 21.7 Å². The van der Waals surface area contributed by atoms with Crippen LogP contribution in [0.15, 0.2) is 0 Å². The predicted octanol–water partition coefficient (Wildman–Crippen LogP) is -0.764. The summed E-state index contributed by atoms with van der Waals surface area (Å²) in [4.78, 5) is 0. The molecule has 0 aliphatic rings. The van der Waals surface area contributed by atoms with Crippen LogP contribution in [0.4, 0.5) is 0 Å². The third kappa shape index (κ3) is 9.20. The van der Waals surface area contributed by atoms with Gasteiger partial charge in [-0.05, 0) is 0 Å². The average molecular weight is 428 g/mol. The van der Waals surface area contributed by atoms with E-state index in [4.69, 9.17) is 0 Å². The van der Waals surface area contributed by atoms with Crippen LogP contribution >= 0.6 is 0 Å². The van der Waals surface area contributed by atoms with Crippen LogP contribution < -0.4 is 0 Å².